The normalized spacial score (nSPS) is 19.2. The summed E-state index contributed by atoms with van der Waals surface area (Å²) in [6, 6.07) is 3.72. The number of quaternary nitrogens is 1. The Morgan fingerprint density at radius 3 is 2.76 bits per heavy atom. The lowest BCUT2D eigenvalue weighted by Crippen LogP contribution is -3.14. The highest BCUT2D eigenvalue weighted by molar-refractivity contribution is 6.14. The molecule has 29 heavy (non-hydrogen) atoms. The zero-order valence-corrected chi connectivity index (χ0v) is 18.1. The number of aryl methyl sites for hydroxylation is 1. The van der Waals surface area contributed by atoms with Gasteiger partial charge in [0.15, 0.2) is 6.54 Å². The van der Waals surface area contributed by atoms with Crippen LogP contribution >= 0.6 is 0 Å². The summed E-state index contributed by atoms with van der Waals surface area (Å²) in [5, 5.41) is 3.70. The molecule has 1 aromatic carbocycles. The molecule has 1 unspecified atom stereocenters. The number of likely N-dealkylation sites (tertiary alicyclic amines) is 1. The molecule has 0 bridgehead atoms. The van der Waals surface area contributed by atoms with E-state index in [1.54, 1.807) is 14.0 Å². The third-order valence-corrected chi connectivity index (χ3v) is 5.86. The molecule has 7 nitrogen and oxygen atoms in total. The van der Waals surface area contributed by atoms with E-state index in [1.165, 1.54) is 11.3 Å². The molecule has 1 aliphatic rings. The first-order valence-electron chi connectivity index (χ1n) is 10.3. The number of nitrogens with zero attached hydrogens (tertiary/aromatic N) is 1. The topological polar surface area (TPSA) is 74.0 Å². The average molecular weight is 403 g/mol. The summed E-state index contributed by atoms with van der Waals surface area (Å²) in [6.07, 6.45) is 2.37. The number of amides is 1. The van der Waals surface area contributed by atoms with Gasteiger partial charge in [-0.25, -0.2) is 4.79 Å². The molecule has 1 fully saturated rings. The maximum absolute atomic E-state index is 12.9. The predicted molar refractivity (Wildman–Crippen MR) is 113 cm³/mol. The number of fused-ring (bicyclic) bond motifs is 1. The van der Waals surface area contributed by atoms with E-state index in [9.17, 15) is 9.59 Å². The van der Waals surface area contributed by atoms with Gasteiger partial charge in [-0.1, -0.05) is 6.92 Å². The minimum Gasteiger partial charge on any atom is -0.495 e. The highest BCUT2D eigenvalue weighted by Gasteiger charge is 2.27. The van der Waals surface area contributed by atoms with E-state index in [0.29, 0.717) is 34.8 Å². The molecular weight excluding hydrogens is 370 g/mol. The second kappa shape index (κ2) is 8.86. The number of methoxy groups -OCH3 is 1. The van der Waals surface area contributed by atoms with Crippen molar-refractivity contribution in [2.45, 2.75) is 33.6 Å². The zero-order chi connectivity index (χ0) is 21.1. The molecule has 2 atom stereocenters. The standard InChI is InChI=1S/C22H31N3O4/c1-6-29-22(27)19-15(3)24(4)16-9-10-17(28-5)21(20(16)19)23-18(26)13-25-11-7-8-14(2)12-25/h9-10,14H,6-8,11-13H2,1-5H3,(H,23,26)/p+1/t14-/m0/s1. The summed E-state index contributed by atoms with van der Waals surface area (Å²) in [5.41, 5.74) is 2.64. The van der Waals surface area contributed by atoms with Gasteiger partial charge in [0.2, 0.25) is 0 Å². The number of anilines is 1. The molecule has 158 valence electrons. The van der Waals surface area contributed by atoms with Crippen LogP contribution in [-0.4, -0.2) is 49.8 Å². The first-order valence-corrected chi connectivity index (χ1v) is 10.3. The first kappa shape index (κ1) is 21.2. The largest absolute Gasteiger partial charge is 0.495 e. The highest BCUT2D eigenvalue weighted by atomic mass is 16.5. The molecule has 0 saturated carbocycles. The van der Waals surface area contributed by atoms with Crippen molar-refractivity contribution in [1.29, 1.82) is 0 Å². The average Bonchev–Trinajstić information content (AvgIpc) is 2.93. The fourth-order valence-electron chi connectivity index (χ4n) is 4.35. The number of nitrogens with one attached hydrogen (secondary N) is 2. The molecule has 1 aliphatic heterocycles. The fraction of sp³-hybridized carbons (Fsp3) is 0.545. The lowest BCUT2D eigenvalue weighted by molar-refractivity contribution is -0.900. The van der Waals surface area contributed by atoms with E-state index >= 15 is 0 Å². The van der Waals surface area contributed by atoms with Gasteiger partial charge in [-0.2, -0.15) is 0 Å². The molecule has 3 rings (SSSR count). The van der Waals surface area contributed by atoms with E-state index in [0.717, 1.165) is 30.7 Å². The maximum atomic E-state index is 12.9. The van der Waals surface area contributed by atoms with Crippen molar-refractivity contribution < 1.29 is 24.0 Å². The van der Waals surface area contributed by atoms with Gasteiger partial charge in [0.05, 0.1) is 43.6 Å². The minimum absolute atomic E-state index is 0.0729. The number of hydrogen-bond acceptors (Lipinski definition) is 4. The summed E-state index contributed by atoms with van der Waals surface area (Å²) in [5.74, 6) is 0.701. The Morgan fingerprint density at radius 1 is 1.34 bits per heavy atom. The van der Waals surface area contributed by atoms with E-state index in [4.69, 9.17) is 9.47 Å². The van der Waals surface area contributed by atoms with Gasteiger partial charge in [-0.15, -0.1) is 0 Å². The fourth-order valence-corrected chi connectivity index (χ4v) is 4.35. The summed E-state index contributed by atoms with van der Waals surface area (Å²) < 4.78 is 12.7. The van der Waals surface area contributed by atoms with Gasteiger partial charge in [-0.05, 0) is 38.8 Å². The number of rotatable bonds is 6. The van der Waals surface area contributed by atoms with Crippen molar-refractivity contribution >= 4 is 28.5 Å². The molecule has 0 aliphatic carbocycles. The van der Waals surface area contributed by atoms with Crippen LogP contribution < -0.4 is 15.0 Å². The van der Waals surface area contributed by atoms with Crippen LogP contribution in [0.4, 0.5) is 5.69 Å². The van der Waals surface area contributed by atoms with Crippen LogP contribution in [0.15, 0.2) is 12.1 Å². The van der Waals surface area contributed by atoms with E-state index < -0.39 is 5.97 Å². The van der Waals surface area contributed by atoms with Crippen LogP contribution in [0.5, 0.6) is 5.75 Å². The first-order chi connectivity index (χ1) is 13.9. The highest BCUT2D eigenvalue weighted by Crippen LogP contribution is 2.38. The molecule has 1 saturated heterocycles. The van der Waals surface area contributed by atoms with E-state index in [-0.39, 0.29) is 12.5 Å². The Kier molecular flexibility index (Phi) is 6.47. The van der Waals surface area contributed by atoms with Crippen molar-refractivity contribution in [2.75, 3.05) is 38.7 Å². The number of ether oxygens (including phenoxy) is 2. The molecule has 2 aromatic rings. The van der Waals surface area contributed by atoms with Crippen LogP contribution in [0.2, 0.25) is 0 Å². The predicted octanol–water partition coefficient (Wildman–Crippen LogP) is 1.93. The Balaban J connectivity index is 2.00. The summed E-state index contributed by atoms with van der Waals surface area (Å²) in [7, 11) is 3.46. The number of piperidine rings is 1. The second-order valence-corrected chi connectivity index (χ2v) is 7.95. The van der Waals surface area contributed by atoms with Crippen LogP contribution in [0.1, 0.15) is 42.7 Å². The number of aromatic nitrogens is 1. The Bertz CT molecular complexity index is 919. The van der Waals surface area contributed by atoms with Crippen molar-refractivity contribution in [1.82, 2.24) is 4.57 Å². The lowest BCUT2D eigenvalue weighted by Gasteiger charge is -2.27. The maximum Gasteiger partial charge on any atom is 0.340 e. The SMILES string of the molecule is CCOC(=O)c1c(C)n(C)c2ccc(OC)c(NC(=O)C[NH+]3CCC[C@H](C)C3)c12. The Labute approximate surface area is 171 Å². The summed E-state index contributed by atoms with van der Waals surface area (Å²) >= 11 is 0. The van der Waals surface area contributed by atoms with Crippen molar-refractivity contribution in [2.24, 2.45) is 13.0 Å². The van der Waals surface area contributed by atoms with E-state index in [2.05, 4.69) is 12.2 Å². The third kappa shape index (κ3) is 4.24. The number of esters is 1. The molecule has 2 heterocycles. The Hall–Kier alpha value is -2.54. The van der Waals surface area contributed by atoms with Gasteiger partial charge in [-0.3, -0.25) is 4.79 Å². The van der Waals surface area contributed by atoms with E-state index in [1.807, 2.05) is 30.7 Å². The number of carbonyl (C=O) groups excluding carboxylic acids is 2. The summed E-state index contributed by atoms with van der Waals surface area (Å²) in [6.45, 7) is 8.61. The number of benzene rings is 1. The molecule has 1 amide bonds. The van der Waals surface area contributed by atoms with Gasteiger partial charge >= 0.3 is 5.97 Å². The minimum atomic E-state index is -0.394. The number of hydrogen-bond donors (Lipinski definition) is 2. The Morgan fingerprint density at radius 2 is 2.10 bits per heavy atom. The van der Waals surface area contributed by atoms with Crippen molar-refractivity contribution in [3.63, 3.8) is 0 Å². The third-order valence-electron chi connectivity index (χ3n) is 5.86. The molecule has 0 spiro atoms. The molecule has 7 heteroatoms. The summed E-state index contributed by atoms with van der Waals surface area (Å²) in [4.78, 5) is 26.9. The van der Waals surface area contributed by atoms with Crippen molar-refractivity contribution in [3.05, 3.63) is 23.4 Å². The molecule has 0 radical (unpaired) electrons. The van der Waals surface area contributed by atoms with Crippen LogP contribution in [0, 0.1) is 12.8 Å². The van der Waals surface area contributed by atoms with Crippen molar-refractivity contribution in [3.8, 4) is 5.75 Å². The van der Waals surface area contributed by atoms with Crippen LogP contribution in [0.3, 0.4) is 0 Å². The van der Waals surface area contributed by atoms with Gasteiger partial charge in [0.25, 0.3) is 5.91 Å². The molecule has 1 aromatic heterocycles. The van der Waals surface area contributed by atoms with Crippen LogP contribution in [0.25, 0.3) is 10.9 Å². The quantitative estimate of drug-likeness (QED) is 0.724. The van der Waals surface area contributed by atoms with Gasteiger partial charge in [0, 0.05) is 24.0 Å². The second-order valence-electron chi connectivity index (χ2n) is 7.95. The zero-order valence-electron chi connectivity index (χ0n) is 18.1. The number of carbonyl (C=O) groups is 2. The lowest BCUT2D eigenvalue weighted by atomic mass is 10.0. The smallest absolute Gasteiger partial charge is 0.340 e. The molecular formula is C22H32N3O4+. The van der Waals surface area contributed by atoms with Crippen LogP contribution in [-0.2, 0) is 16.6 Å². The molecule has 2 N–H and O–H groups in total. The van der Waals surface area contributed by atoms with Gasteiger partial charge in [0.1, 0.15) is 5.75 Å². The monoisotopic (exact) mass is 402 g/mol. The van der Waals surface area contributed by atoms with Gasteiger partial charge < -0.3 is 24.3 Å².